The lowest BCUT2D eigenvalue weighted by atomic mass is 10.1. The largest absolute Gasteiger partial charge is 0.496 e. The van der Waals surface area contributed by atoms with Crippen molar-refractivity contribution in [3.8, 4) is 17.2 Å². The minimum absolute atomic E-state index is 0. The molecule has 0 saturated carbocycles. The summed E-state index contributed by atoms with van der Waals surface area (Å²) in [7, 11) is 4.87. The summed E-state index contributed by atoms with van der Waals surface area (Å²) in [6.07, 6.45) is 0.669. The van der Waals surface area contributed by atoms with Crippen LogP contribution < -0.4 is 24.8 Å². The third kappa shape index (κ3) is 7.21. The van der Waals surface area contributed by atoms with Gasteiger partial charge in [0.05, 0.1) is 27.9 Å². The van der Waals surface area contributed by atoms with Crippen molar-refractivity contribution in [2.45, 2.75) is 25.9 Å². The quantitative estimate of drug-likeness (QED) is 0.240. The van der Waals surface area contributed by atoms with E-state index in [-0.39, 0.29) is 30.5 Å². The van der Waals surface area contributed by atoms with Crippen molar-refractivity contribution in [2.75, 3.05) is 41.0 Å². The monoisotopic (exact) mass is 549 g/mol. The summed E-state index contributed by atoms with van der Waals surface area (Å²) < 4.78 is 16.3. The predicted molar refractivity (Wildman–Crippen MR) is 133 cm³/mol. The molecular formula is C21H32IN3O4S. The number of nitrogens with zero attached hydrogens (tertiary/aromatic N) is 1. The van der Waals surface area contributed by atoms with Gasteiger partial charge in [0.15, 0.2) is 5.96 Å². The minimum Gasteiger partial charge on any atom is -0.496 e. The third-order valence-corrected chi connectivity index (χ3v) is 5.55. The molecule has 0 radical (unpaired) electrons. The smallest absolute Gasteiger partial charge is 0.191 e. The van der Waals surface area contributed by atoms with Gasteiger partial charge in [0.1, 0.15) is 22.8 Å². The number of aliphatic hydroxyl groups is 1. The van der Waals surface area contributed by atoms with E-state index >= 15 is 0 Å². The van der Waals surface area contributed by atoms with Crippen LogP contribution in [0.5, 0.6) is 17.2 Å². The van der Waals surface area contributed by atoms with Crippen LogP contribution in [0.25, 0.3) is 0 Å². The first-order chi connectivity index (χ1) is 13.9. The fourth-order valence-electron chi connectivity index (χ4n) is 2.87. The molecule has 0 aliphatic rings. The van der Waals surface area contributed by atoms with E-state index in [1.807, 2.05) is 36.6 Å². The van der Waals surface area contributed by atoms with Gasteiger partial charge in [-0.25, -0.2) is 4.99 Å². The van der Waals surface area contributed by atoms with Crippen molar-refractivity contribution in [1.29, 1.82) is 0 Å². The summed E-state index contributed by atoms with van der Waals surface area (Å²) in [5.41, 5.74) is -0.0522. The van der Waals surface area contributed by atoms with Crippen molar-refractivity contribution in [3.63, 3.8) is 0 Å². The van der Waals surface area contributed by atoms with E-state index in [1.165, 1.54) is 11.3 Å². The lowest BCUT2D eigenvalue weighted by Gasteiger charge is -2.21. The first-order valence-corrected chi connectivity index (χ1v) is 10.4. The molecule has 7 nitrogen and oxygen atoms in total. The molecule has 0 fully saturated rings. The van der Waals surface area contributed by atoms with Crippen molar-refractivity contribution in [3.05, 3.63) is 40.1 Å². The molecule has 168 valence electrons. The fourth-order valence-corrected chi connectivity index (χ4v) is 3.65. The Labute approximate surface area is 199 Å². The van der Waals surface area contributed by atoms with Crippen LogP contribution in [0.1, 0.15) is 24.3 Å². The van der Waals surface area contributed by atoms with Crippen molar-refractivity contribution in [1.82, 2.24) is 10.6 Å². The zero-order valence-electron chi connectivity index (χ0n) is 18.2. The molecule has 0 aliphatic heterocycles. The molecule has 30 heavy (non-hydrogen) atoms. The molecule has 9 heteroatoms. The van der Waals surface area contributed by atoms with E-state index in [9.17, 15) is 5.11 Å². The number of benzene rings is 1. The van der Waals surface area contributed by atoms with Gasteiger partial charge in [-0.1, -0.05) is 6.07 Å². The van der Waals surface area contributed by atoms with Crippen LogP contribution in [-0.2, 0) is 12.0 Å². The summed E-state index contributed by atoms with van der Waals surface area (Å²) in [5, 5.41) is 19.2. The van der Waals surface area contributed by atoms with Gasteiger partial charge in [-0.3, -0.25) is 0 Å². The highest BCUT2D eigenvalue weighted by Crippen LogP contribution is 2.34. The maximum Gasteiger partial charge on any atom is 0.191 e. The minimum atomic E-state index is -1.00. The van der Waals surface area contributed by atoms with Gasteiger partial charge in [0.2, 0.25) is 0 Å². The van der Waals surface area contributed by atoms with Crippen molar-refractivity contribution < 1.29 is 19.3 Å². The Balaban J connectivity index is 0.00000450. The average Bonchev–Trinajstić information content (AvgIpc) is 3.27. The standard InChI is InChI=1S/C21H31N3O4S.HI/c1-6-22-20(24-14-21(2,25)19-8-7-11-29-19)23-10-9-16-17(27-4)12-15(26-3)13-18(16)28-5;/h7-8,11-13,25H,6,9-10,14H2,1-5H3,(H2,22,23,24);1H. The zero-order chi connectivity index (χ0) is 21.3. The second kappa shape index (κ2) is 12.9. The number of methoxy groups -OCH3 is 3. The van der Waals surface area contributed by atoms with Crippen LogP contribution in [0.3, 0.4) is 0 Å². The Morgan fingerprint density at radius 2 is 1.80 bits per heavy atom. The number of hydrogen-bond acceptors (Lipinski definition) is 6. The summed E-state index contributed by atoms with van der Waals surface area (Å²) in [6.45, 7) is 5.38. The van der Waals surface area contributed by atoms with Crippen molar-refractivity contribution >= 4 is 41.3 Å². The van der Waals surface area contributed by atoms with Gasteiger partial charge in [-0.05, 0) is 31.7 Å². The molecule has 1 atom stereocenters. The van der Waals surface area contributed by atoms with Crippen LogP contribution in [0.15, 0.2) is 34.6 Å². The molecule has 0 aliphatic carbocycles. The van der Waals surface area contributed by atoms with Gasteiger partial charge < -0.3 is 30.0 Å². The molecular weight excluding hydrogens is 517 g/mol. The van der Waals surface area contributed by atoms with Gasteiger partial charge >= 0.3 is 0 Å². The molecule has 0 spiro atoms. The van der Waals surface area contributed by atoms with Gasteiger partial charge in [-0.2, -0.15) is 0 Å². The number of guanidine groups is 1. The predicted octanol–water partition coefficient (Wildman–Crippen LogP) is 3.40. The number of nitrogens with one attached hydrogen (secondary N) is 2. The Hall–Kier alpha value is -1.72. The molecule has 1 heterocycles. The fraction of sp³-hybridized carbons (Fsp3) is 0.476. The molecule has 1 aromatic carbocycles. The second-order valence-electron chi connectivity index (χ2n) is 6.63. The molecule has 1 aromatic heterocycles. The van der Waals surface area contributed by atoms with E-state index < -0.39 is 5.60 Å². The molecule has 2 rings (SSSR count). The van der Waals surface area contributed by atoms with E-state index in [2.05, 4.69) is 15.6 Å². The third-order valence-electron chi connectivity index (χ3n) is 4.43. The first-order valence-electron chi connectivity index (χ1n) is 9.52. The number of aliphatic imine (C=N–C) groups is 1. The molecule has 0 bridgehead atoms. The zero-order valence-corrected chi connectivity index (χ0v) is 21.3. The number of ether oxygens (including phenoxy) is 3. The highest BCUT2D eigenvalue weighted by Gasteiger charge is 2.24. The normalized spacial score (nSPS) is 13.1. The van der Waals surface area contributed by atoms with Crippen LogP contribution >= 0.6 is 35.3 Å². The Bertz CT molecular complexity index is 773. The summed E-state index contributed by atoms with van der Waals surface area (Å²) in [4.78, 5) is 5.45. The van der Waals surface area contributed by atoms with Crippen LogP contribution in [0.4, 0.5) is 0 Å². The first kappa shape index (κ1) is 26.3. The van der Waals surface area contributed by atoms with Gasteiger partial charge in [0, 0.05) is 35.7 Å². The van der Waals surface area contributed by atoms with E-state index in [4.69, 9.17) is 14.2 Å². The topological polar surface area (TPSA) is 84.3 Å². The van der Waals surface area contributed by atoms with Gasteiger partial charge in [0.25, 0.3) is 0 Å². The highest BCUT2D eigenvalue weighted by molar-refractivity contribution is 14.0. The maximum absolute atomic E-state index is 10.7. The molecule has 0 saturated heterocycles. The number of halogens is 1. The molecule has 3 N–H and O–H groups in total. The summed E-state index contributed by atoms with van der Waals surface area (Å²) in [5.74, 6) is 2.76. The van der Waals surface area contributed by atoms with Crippen LogP contribution in [-0.4, -0.2) is 52.0 Å². The number of thiophene rings is 1. The van der Waals surface area contributed by atoms with Crippen molar-refractivity contribution in [2.24, 2.45) is 4.99 Å². The number of rotatable bonds is 10. The van der Waals surface area contributed by atoms with E-state index in [0.29, 0.717) is 36.2 Å². The highest BCUT2D eigenvalue weighted by atomic mass is 127. The molecule has 0 amide bonds. The average molecular weight is 549 g/mol. The maximum atomic E-state index is 10.7. The summed E-state index contributed by atoms with van der Waals surface area (Å²) in [6, 6.07) is 7.53. The number of hydrogen-bond donors (Lipinski definition) is 3. The Morgan fingerprint density at radius 3 is 2.30 bits per heavy atom. The van der Waals surface area contributed by atoms with Crippen LogP contribution in [0.2, 0.25) is 0 Å². The lowest BCUT2D eigenvalue weighted by Crippen LogP contribution is -2.39. The summed E-state index contributed by atoms with van der Waals surface area (Å²) >= 11 is 1.52. The molecule has 1 unspecified atom stereocenters. The molecule has 2 aromatic rings. The van der Waals surface area contributed by atoms with Crippen LogP contribution in [0, 0.1) is 0 Å². The second-order valence-corrected chi connectivity index (χ2v) is 7.58. The Kier molecular flexibility index (Phi) is 11.3. The Morgan fingerprint density at radius 1 is 1.13 bits per heavy atom. The van der Waals surface area contributed by atoms with E-state index in [1.54, 1.807) is 28.3 Å². The van der Waals surface area contributed by atoms with E-state index in [0.717, 1.165) is 17.0 Å². The SMILES string of the molecule is CCNC(=NCC(C)(O)c1cccs1)NCCc1c(OC)cc(OC)cc1OC.I. The lowest BCUT2D eigenvalue weighted by molar-refractivity contribution is 0.0711. The van der Waals surface area contributed by atoms with Gasteiger partial charge in [-0.15, -0.1) is 35.3 Å².